The van der Waals surface area contributed by atoms with Gasteiger partial charge in [-0.3, -0.25) is 9.89 Å². The van der Waals surface area contributed by atoms with E-state index in [1.165, 1.54) is 6.92 Å². The first-order chi connectivity index (χ1) is 6.79. The minimum atomic E-state index is -0.00699. The molecule has 3 nitrogen and oxygen atoms in total. The van der Waals surface area contributed by atoms with Crippen molar-refractivity contribution in [3.05, 3.63) is 30.0 Å². The Balaban J connectivity index is 0.000000461. The Morgan fingerprint density at radius 3 is 2.57 bits per heavy atom. The molecule has 3 heteroatoms. The third-order valence-corrected chi connectivity index (χ3v) is 1.80. The van der Waals surface area contributed by atoms with Crippen LogP contribution in [0.15, 0.2) is 24.3 Å². The van der Waals surface area contributed by atoms with Gasteiger partial charge >= 0.3 is 0 Å². The predicted octanol–water partition coefficient (Wildman–Crippen LogP) is 2.79. The highest BCUT2D eigenvalue weighted by atomic mass is 16.1. The van der Waals surface area contributed by atoms with Gasteiger partial charge in [-0.15, -0.1) is 0 Å². The molecule has 74 valence electrons. The average molecular weight is 190 g/mol. The molecule has 0 saturated heterocycles. The third kappa shape index (κ3) is 1.82. The minimum absolute atomic E-state index is 0.00699. The van der Waals surface area contributed by atoms with E-state index in [0.29, 0.717) is 5.69 Å². The second kappa shape index (κ2) is 4.56. The molecular weight excluding hydrogens is 176 g/mol. The van der Waals surface area contributed by atoms with E-state index in [1.807, 2.05) is 38.1 Å². The average Bonchev–Trinajstić information content (AvgIpc) is 2.64. The van der Waals surface area contributed by atoms with Gasteiger partial charge < -0.3 is 0 Å². The van der Waals surface area contributed by atoms with Crippen LogP contribution in [0.1, 0.15) is 31.3 Å². The van der Waals surface area contributed by atoms with E-state index in [4.69, 9.17) is 0 Å². The van der Waals surface area contributed by atoms with Gasteiger partial charge in [0.05, 0.1) is 5.52 Å². The molecule has 0 aliphatic rings. The molecule has 0 unspecified atom stereocenters. The molecule has 1 aromatic carbocycles. The van der Waals surface area contributed by atoms with Gasteiger partial charge in [-0.05, 0) is 6.07 Å². The van der Waals surface area contributed by atoms with Crippen LogP contribution in [0.3, 0.4) is 0 Å². The van der Waals surface area contributed by atoms with Crippen molar-refractivity contribution in [3.63, 3.8) is 0 Å². The number of hydrogen-bond donors (Lipinski definition) is 1. The molecular formula is C11H14N2O. The Bertz CT molecular complexity index is 432. The van der Waals surface area contributed by atoms with Gasteiger partial charge in [0.1, 0.15) is 5.69 Å². The number of ketones is 1. The summed E-state index contributed by atoms with van der Waals surface area (Å²) in [5.74, 6) is -0.00699. The number of rotatable bonds is 1. The molecule has 0 radical (unpaired) electrons. The van der Waals surface area contributed by atoms with Crippen LogP contribution in [0.5, 0.6) is 0 Å². The highest BCUT2D eigenvalue weighted by Gasteiger charge is 2.07. The van der Waals surface area contributed by atoms with E-state index in [0.717, 1.165) is 10.9 Å². The van der Waals surface area contributed by atoms with Gasteiger partial charge in [-0.2, -0.15) is 5.10 Å². The van der Waals surface area contributed by atoms with E-state index >= 15 is 0 Å². The summed E-state index contributed by atoms with van der Waals surface area (Å²) in [4.78, 5) is 11.0. The Kier molecular flexibility index (Phi) is 3.40. The number of nitrogens with one attached hydrogen (secondary N) is 1. The normalized spacial score (nSPS) is 9.36. The molecule has 0 aliphatic heterocycles. The maximum Gasteiger partial charge on any atom is 0.180 e. The van der Waals surface area contributed by atoms with Crippen molar-refractivity contribution in [2.24, 2.45) is 0 Å². The summed E-state index contributed by atoms with van der Waals surface area (Å²) in [6.07, 6.45) is 0. The van der Waals surface area contributed by atoms with Crippen LogP contribution in [0.2, 0.25) is 0 Å². The standard InChI is InChI=1S/C9H8N2O.C2H6/c1-6(12)9-7-4-2-3-5-8(7)10-11-9;1-2/h2-5H,1H3,(H,10,11);1-2H3. The molecule has 1 N–H and O–H groups in total. The number of benzene rings is 1. The molecule has 1 aromatic heterocycles. The Hall–Kier alpha value is -1.64. The summed E-state index contributed by atoms with van der Waals surface area (Å²) in [5.41, 5.74) is 1.42. The lowest BCUT2D eigenvalue weighted by molar-refractivity contribution is 0.101. The summed E-state index contributed by atoms with van der Waals surface area (Å²) >= 11 is 0. The summed E-state index contributed by atoms with van der Waals surface area (Å²) in [6.45, 7) is 5.52. The summed E-state index contributed by atoms with van der Waals surface area (Å²) in [7, 11) is 0. The second-order valence-electron chi connectivity index (χ2n) is 2.67. The number of nitrogens with zero attached hydrogens (tertiary/aromatic N) is 1. The molecule has 0 amide bonds. The third-order valence-electron chi connectivity index (χ3n) is 1.80. The Labute approximate surface area is 83.1 Å². The van der Waals surface area contributed by atoms with Gasteiger partial charge in [0.15, 0.2) is 5.78 Å². The number of hydrogen-bond acceptors (Lipinski definition) is 2. The van der Waals surface area contributed by atoms with Gasteiger partial charge in [0, 0.05) is 12.3 Å². The van der Waals surface area contributed by atoms with Crippen molar-refractivity contribution in [1.82, 2.24) is 10.2 Å². The monoisotopic (exact) mass is 190 g/mol. The fraction of sp³-hybridized carbons (Fsp3) is 0.273. The van der Waals surface area contributed by atoms with Crippen LogP contribution in [-0.2, 0) is 0 Å². The summed E-state index contributed by atoms with van der Waals surface area (Å²) < 4.78 is 0. The van der Waals surface area contributed by atoms with Crippen molar-refractivity contribution in [3.8, 4) is 0 Å². The van der Waals surface area contributed by atoms with Gasteiger partial charge in [0.25, 0.3) is 0 Å². The smallest absolute Gasteiger partial charge is 0.180 e. The SMILES string of the molecule is CC.CC(=O)c1n[nH]c2ccccc12. The number of aromatic amines is 1. The van der Waals surface area contributed by atoms with E-state index < -0.39 is 0 Å². The zero-order valence-corrected chi connectivity index (χ0v) is 8.66. The molecule has 0 atom stereocenters. The van der Waals surface area contributed by atoms with Gasteiger partial charge in [0.2, 0.25) is 0 Å². The van der Waals surface area contributed by atoms with Crippen molar-refractivity contribution < 1.29 is 4.79 Å². The lowest BCUT2D eigenvalue weighted by atomic mass is 10.2. The van der Waals surface area contributed by atoms with E-state index in [-0.39, 0.29) is 5.78 Å². The summed E-state index contributed by atoms with van der Waals surface area (Å²) in [5, 5.41) is 7.61. The largest absolute Gasteiger partial charge is 0.293 e. The molecule has 1 heterocycles. The van der Waals surface area contributed by atoms with Gasteiger partial charge in [-0.25, -0.2) is 0 Å². The first kappa shape index (κ1) is 10.4. The Morgan fingerprint density at radius 1 is 1.29 bits per heavy atom. The number of H-pyrrole nitrogens is 1. The predicted molar refractivity (Wildman–Crippen MR) is 57.4 cm³/mol. The van der Waals surface area contributed by atoms with E-state index in [1.54, 1.807) is 0 Å². The van der Waals surface area contributed by atoms with Crippen molar-refractivity contribution >= 4 is 16.7 Å². The lowest BCUT2D eigenvalue weighted by Crippen LogP contribution is -1.91. The second-order valence-corrected chi connectivity index (χ2v) is 2.67. The van der Waals surface area contributed by atoms with E-state index in [2.05, 4.69) is 10.2 Å². The first-order valence-corrected chi connectivity index (χ1v) is 4.73. The van der Waals surface area contributed by atoms with Crippen LogP contribution in [-0.4, -0.2) is 16.0 Å². The highest BCUT2D eigenvalue weighted by Crippen LogP contribution is 2.14. The molecule has 0 fully saturated rings. The first-order valence-electron chi connectivity index (χ1n) is 4.73. The number of aromatic nitrogens is 2. The van der Waals surface area contributed by atoms with Crippen LogP contribution in [0.25, 0.3) is 10.9 Å². The lowest BCUT2D eigenvalue weighted by Gasteiger charge is -1.88. The highest BCUT2D eigenvalue weighted by molar-refractivity contribution is 6.04. The Morgan fingerprint density at radius 2 is 1.93 bits per heavy atom. The molecule has 2 aromatic rings. The number of Topliss-reactive ketones (excluding diaryl/α,β-unsaturated/α-hetero) is 1. The van der Waals surface area contributed by atoms with Crippen molar-refractivity contribution in [2.45, 2.75) is 20.8 Å². The molecule has 14 heavy (non-hydrogen) atoms. The number of carbonyl (C=O) groups is 1. The maximum absolute atomic E-state index is 11.0. The van der Waals surface area contributed by atoms with Crippen LogP contribution in [0.4, 0.5) is 0 Å². The number of carbonyl (C=O) groups excluding carboxylic acids is 1. The minimum Gasteiger partial charge on any atom is -0.293 e. The maximum atomic E-state index is 11.0. The van der Waals surface area contributed by atoms with E-state index in [9.17, 15) is 4.79 Å². The molecule has 0 spiro atoms. The van der Waals surface area contributed by atoms with Crippen LogP contribution in [0, 0.1) is 0 Å². The zero-order valence-electron chi connectivity index (χ0n) is 8.66. The van der Waals surface area contributed by atoms with Gasteiger partial charge in [-0.1, -0.05) is 32.0 Å². The number of fused-ring (bicyclic) bond motifs is 1. The quantitative estimate of drug-likeness (QED) is 0.703. The number of para-hydroxylation sites is 1. The van der Waals surface area contributed by atoms with Crippen LogP contribution < -0.4 is 0 Å². The molecule has 2 rings (SSSR count). The zero-order chi connectivity index (χ0) is 10.6. The molecule has 0 saturated carbocycles. The topological polar surface area (TPSA) is 45.8 Å². The molecule has 0 aliphatic carbocycles. The molecule has 0 bridgehead atoms. The van der Waals surface area contributed by atoms with Crippen molar-refractivity contribution in [2.75, 3.05) is 0 Å². The summed E-state index contributed by atoms with van der Waals surface area (Å²) in [6, 6.07) is 7.58. The van der Waals surface area contributed by atoms with Crippen molar-refractivity contribution in [1.29, 1.82) is 0 Å². The fourth-order valence-electron chi connectivity index (χ4n) is 1.23. The fourth-order valence-corrected chi connectivity index (χ4v) is 1.23. The van der Waals surface area contributed by atoms with Crippen LogP contribution >= 0.6 is 0 Å².